The molecule has 0 atom stereocenters. The van der Waals surface area contributed by atoms with E-state index >= 15 is 0 Å². The molecule has 0 radical (unpaired) electrons. The van der Waals surface area contributed by atoms with Crippen LogP contribution in [0, 0.1) is 20.8 Å². The number of amides is 1. The first-order chi connectivity index (χ1) is 8.08. The van der Waals surface area contributed by atoms with E-state index in [-0.39, 0.29) is 5.91 Å². The number of carbonyl (C=O) groups excluding carboxylic acids is 1. The number of carbonyl (C=O) groups is 1. The van der Waals surface area contributed by atoms with E-state index in [0.717, 1.165) is 12.8 Å². The van der Waals surface area contributed by atoms with Gasteiger partial charge < -0.3 is 9.88 Å². The van der Waals surface area contributed by atoms with Gasteiger partial charge in [-0.2, -0.15) is 0 Å². The highest BCUT2D eigenvalue weighted by Crippen LogP contribution is 2.18. The number of nitrogens with one attached hydrogen (secondary N) is 1. The molecule has 0 spiro atoms. The van der Waals surface area contributed by atoms with E-state index in [1.165, 1.54) is 29.7 Å². The highest BCUT2D eigenvalue weighted by Gasteiger charge is 2.17. The number of hydrogen-bond donors (Lipinski definition) is 1. The molecule has 0 aromatic carbocycles. The molecule has 1 aromatic heterocycles. The van der Waals surface area contributed by atoms with Crippen LogP contribution >= 0.6 is 0 Å². The monoisotopic (exact) mass is 234 g/mol. The molecule has 1 amide bonds. The van der Waals surface area contributed by atoms with Gasteiger partial charge in [-0.1, -0.05) is 12.8 Å². The minimum atomic E-state index is 0.148. The van der Waals surface area contributed by atoms with Crippen molar-refractivity contribution < 1.29 is 4.79 Å². The summed E-state index contributed by atoms with van der Waals surface area (Å²) in [5.41, 5.74) is 3.75. The van der Waals surface area contributed by atoms with Crippen molar-refractivity contribution in [2.24, 2.45) is 0 Å². The molecule has 1 aliphatic rings. The third-order valence-corrected chi connectivity index (χ3v) is 3.95. The van der Waals surface area contributed by atoms with Crippen molar-refractivity contribution in [3.63, 3.8) is 0 Å². The Morgan fingerprint density at radius 2 is 2.00 bits per heavy atom. The van der Waals surface area contributed by atoms with Crippen LogP contribution in [0.15, 0.2) is 6.20 Å². The van der Waals surface area contributed by atoms with Crippen molar-refractivity contribution in [1.82, 2.24) is 9.88 Å². The van der Waals surface area contributed by atoms with Crippen molar-refractivity contribution in [2.75, 3.05) is 0 Å². The summed E-state index contributed by atoms with van der Waals surface area (Å²) in [4.78, 5) is 11.9. The van der Waals surface area contributed by atoms with Crippen LogP contribution in [0.4, 0.5) is 0 Å². The average molecular weight is 234 g/mol. The van der Waals surface area contributed by atoms with E-state index < -0.39 is 0 Å². The van der Waals surface area contributed by atoms with Gasteiger partial charge in [0.2, 0.25) is 5.91 Å². The normalized spacial score (nSPS) is 16.4. The first kappa shape index (κ1) is 12.2. The Morgan fingerprint density at radius 3 is 2.53 bits per heavy atom. The summed E-state index contributed by atoms with van der Waals surface area (Å²) >= 11 is 0. The summed E-state index contributed by atoms with van der Waals surface area (Å²) in [6.07, 6.45) is 6.87. The summed E-state index contributed by atoms with van der Waals surface area (Å²) in [5, 5.41) is 3.12. The molecule has 1 aromatic rings. The van der Waals surface area contributed by atoms with Crippen LogP contribution in [0.2, 0.25) is 0 Å². The van der Waals surface area contributed by atoms with Gasteiger partial charge in [-0.25, -0.2) is 0 Å². The lowest BCUT2D eigenvalue weighted by atomic mass is 10.2. The molecule has 0 saturated heterocycles. The van der Waals surface area contributed by atoms with Crippen molar-refractivity contribution in [3.8, 4) is 0 Å². The summed E-state index contributed by atoms with van der Waals surface area (Å²) in [6.45, 7) is 6.73. The van der Waals surface area contributed by atoms with Gasteiger partial charge in [0.1, 0.15) is 6.54 Å². The third-order valence-electron chi connectivity index (χ3n) is 3.95. The van der Waals surface area contributed by atoms with E-state index in [0.29, 0.717) is 12.6 Å². The van der Waals surface area contributed by atoms with E-state index in [2.05, 4.69) is 36.9 Å². The molecule has 1 heterocycles. The lowest BCUT2D eigenvalue weighted by molar-refractivity contribution is -0.122. The molecule has 3 nitrogen and oxygen atoms in total. The molecule has 1 aliphatic carbocycles. The van der Waals surface area contributed by atoms with Crippen LogP contribution < -0.4 is 5.32 Å². The molecule has 1 N–H and O–H groups in total. The SMILES string of the molecule is Cc1cn(CC(=O)NC2CCCC2)c(C)c1C. The summed E-state index contributed by atoms with van der Waals surface area (Å²) in [7, 11) is 0. The molecule has 1 fully saturated rings. The topological polar surface area (TPSA) is 34.0 Å². The van der Waals surface area contributed by atoms with Gasteiger partial charge in [0.05, 0.1) is 0 Å². The molecule has 0 aliphatic heterocycles. The van der Waals surface area contributed by atoms with Crippen LogP contribution in [0.1, 0.15) is 42.5 Å². The maximum absolute atomic E-state index is 11.9. The summed E-state index contributed by atoms with van der Waals surface area (Å²) in [6, 6.07) is 0.417. The van der Waals surface area contributed by atoms with E-state index in [4.69, 9.17) is 0 Å². The minimum absolute atomic E-state index is 0.148. The molecule has 0 unspecified atom stereocenters. The quantitative estimate of drug-likeness (QED) is 0.856. The molecule has 1 saturated carbocycles. The first-order valence-electron chi connectivity index (χ1n) is 6.50. The Hall–Kier alpha value is -1.25. The van der Waals surface area contributed by atoms with Crippen LogP contribution in [0.25, 0.3) is 0 Å². The van der Waals surface area contributed by atoms with Crippen molar-refractivity contribution >= 4 is 5.91 Å². The number of aryl methyl sites for hydroxylation is 1. The molecular formula is C14H22N2O. The lowest BCUT2D eigenvalue weighted by Gasteiger charge is -2.13. The third kappa shape index (κ3) is 2.71. The maximum atomic E-state index is 11.9. The smallest absolute Gasteiger partial charge is 0.240 e. The van der Waals surface area contributed by atoms with Gasteiger partial charge in [-0.15, -0.1) is 0 Å². The lowest BCUT2D eigenvalue weighted by Crippen LogP contribution is -2.35. The Labute approximate surface area is 103 Å². The highest BCUT2D eigenvalue weighted by atomic mass is 16.2. The molecule has 3 heteroatoms. The van der Waals surface area contributed by atoms with E-state index in [1.807, 2.05) is 0 Å². The minimum Gasteiger partial charge on any atom is -0.352 e. The Bertz CT molecular complexity index is 414. The van der Waals surface area contributed by atoms with E-state index in [9.17, 15) is 4.79 Å². The molecule has 0 bridgehead atoms. The largest absolute Gasteiger partial charge is 0.352 e. The summed E-state index contributed by atoms with van der Waals surface area (Å²) < 4.78 is 2.05. The first-order valence-corrected chi connectivity index (χ1v) is 6.50. The van der Waals surface area contributed by atoms with Gasteiger partial charge in [-0.05, 0) is 44.7 Å². The van der Waals surface area contributed by atoms with E-state index in [1.54, 1.807) is 0 Å². The predicted octanol–water partition coefficient (Wildman–Crippen LogP) is 2.47. The second kappa shape index (κ2) is 4.94. The van der Waals surface area contributed by atoms with Crippen LogP contribution in [0.5, 0.6) is 0 Å². The Balaban J connectivity index is 1.95. The highest BCUT2D eigenvalue weighted by molar-refractivity contribution is 5.76. The molecule has 2 rings (SSSR count). The zero-order chi connectivity index (χ0) is 12.4. The molecule has 17 heavy (non-hydrogen) atoms. The number of aromatic nitrogens is 1. The van der Waals surface area contributed by atoms with Gasteiger partial charge in [0.15, 0.2) is 0 Å². The fraction of sp³-hybridized carbons (Fsp3) is 0.643. The summed E-state index contributed by atoms with van der Waals surface area (Å²) in [5.74, 6) is 0.148. The van der Waals surface area contributed by atoms with Crippen LogP contribution in [-0.4, -0.2) is 16.5 Å². The number of hydrogen-bond acceptors (Lipinski definition) is 1. The van der Waals surface area contributed by atoms with Gasteiger partial charge in [0.25, 0.3) is 0 Å². The Morgan fingerprint density at radius 1 is 1.35 bits per heavy atom. The van der Waals surface area contributed by atoms with Crippen LogP contribution in [0.3, 0.4) is 0 Å². The molecule has 94 valence electrons. The fourth-order valence-corrected chi connectivity index (χ4v) is 2.59. The van der Waals surface area contributed by atoms with Gasteiger partial charge in [0, 0.05) is 17.9 Å². The zero-order valence-electron chi connectivity index (χ0n) is 11.0. The average Bonchev–Trinajstić information content (AvgIpc) is 2.85. The second-order valence-electron chi connectivity index (χ2n) is 5.20. The zero-order valence-corrected chi connectivity index (χ0v) is 11.0. The number of rotatable bonds is 3. The predicted molar refractivity (Wildman–Crippen MR) is 69.0 cm³/mol. The van der Waals surface area contributed by atoms with Crippen molar-refractivity contribution in [2.45, 2.75) is 59.0 Å². The van der Waals surface area contributed by atoms with Crippen LogP contribution in [-0.2, 0) is 11.3 Å². The van der Waals surface area contributed by atoms with Gasteiger partial charge >= 0.3 is 0 Å². The van der Waals surface area contributed by atoms with Crippen molar-refractivity contribution in [3.05, 3.63) is 23.0 Å². The van der Waals surface area contributed by atoms with Gasteiger partial charge in [-0.3, -0.25) is 4.79 Å². The number of nitrogens with zero attached hydrogens (tertiary/aromatic N) is 1. The second-order valence-corrected chi connectivity index (χ2v) is 5.20. The standard InChI is InChI=1S/C14H22N2O/c1-10-8-16(12(3)11(10)2)9-14(17)15-13-6-4-5-7-13/h8,13H,4-7,9H2,1-3H3,(H,15,17). The fourth-order valence-electron chi connectivity index (χ4n) is 2.59. The molecular weight excluding hydrogens is 212 g/mol. The Kier molecular flexibility index (Phi) is 3.55. The maximum Gasteiger partial charge on any atom is 0.240 e. The van der Waals surface area contributed by atoms with Crippen molar-refractivity contribution in [1.29, 1.82) is 0 Å².